The molecule has 32 heavy (non-hydrogen) atoms. The molecular formula is C21H29N3O6S2. The highest BCUT2D eigenvalue weighted by molar-refractivity contribution is 8.16. The first-order chi connectivity index (χ1) is 15.0. The molecule has 0 radical (unpaired) electrons. The fraction of sp³-hybridized carbons (Fsp3) is 0.571. The van der Waals surface area contributed by atoms with E-state index in [4.69, 9.17) is 9.47 Å². The van der Waals surface area contributed by atoms with Gasteiger partial charge in [0.2, 0.25) is 5.91 Å². The van der Waals surface area contributed by atoms with Crippen molar-refractivity contribution in [3.63, 3.8) is 0 Å². The first-order valence-corrected chi connectivity index (χ1v) is 13.1. The number of amides is 2. The highest BCUT2D eigenvalue weighted by atomic mass is 32.2. The molecule has 2 saturated heterocycles. The number of sulfone groups is 1. The summed E-state index contributed by atoms with van der Waals surface area (Å²) in [6, 6.07) is 7.01. The van der Waals surface area contributed by atoms with Crippen LogP contribution in [0.25, 0.3) is 0 Å². The number of fused-ring (bicyclic) bond motifs is 1. The average Bonchev–Trinajstić information content (AvgIpc) is 3.12. The van der Waals surface area contributed by atoms with Gasteiger partial charge in [-0.2, -0.15) is 4.99 Å². The van der Waals surface area contributed by atoms with Gasteiger partial charge in [0, 0.05) is 23.9 Å². The third-order valence-electron chi connectivity index (χ3n) is 4.72. The lowest BCUT2D eigenvalue weighted by atomic mass is 10.2. The van der Waals surface area contributed by atoms with Crippen LogP contribution in [0.4, 0.5) is 10.5 Å². The number of rotatable bonds is 6. The maximum absolute atomic E-state index is 12.5. The van der Waals surface area contributed by atoms with Crippen molar-refractivity contribution in [1.29, 1.82) is 0 Å². The molecule has 0 bridgehead atoms. The van der Waals surface area contributed by atoms with E-state index in [-0.39, 0.29) is 35.8 Å². The number of thioether (sulfide) groups is 1. The standard InChI is InChI=1S/C21H29N3O6S2/c1-5-29-15-8-6-14(7-9-15)24-16-12-32(27,28)13-17(16)31-19(24)23-18(25)10-11-22-20(26)30-21(2,3)4/h6-9,16-17H,5,10-13H2,1-4H3,(H,22,26)/t16-,17-/m0/s1. The Kier molecular flexibility index (Phi) is 7.39. The van der Waals surface area contributed by atoms with Crippen LogP contribution in [0.5, 0.6) is 5.75 Å². The molecule has 3 rings (SSSR count). The molecule has 1 aromatic rings. The molecule has 0 unspecified atom stereocenters. The number of anilines is 1. The third kappa shape index (κ3) is 6.38. The molecule has 1 aromatic carbocycles. The monoisotopic (exact) mass is 483 g/mol. The summed E-state index contributed by atoms with van der Waals surface area (Å²) in [4.78, 5) is 30.3. The quantitative estimate of drug-likeness (QED) is 0.657. The van der Waals surface area contributed by atoms with Crippen LogP contribution in [0.15, 0.2) is 29.3 Å². The molecule has 2 atom stereocenters. The van der Waals surface area contributed by atoms with E-state index in [1.807, 2.05) is 36.1 Å². The second-order valence-corrected chi connectivity index (χ2v) is 11.9. The minimum Gasteiger partial charge on any atom is -0.494 e. The number of alkyl carbamates (subject to hydrolysis) is 1. The van der Waals surface area contributed by atoms with E-state index in [1.54, 1.807) is 20.8 Å². The summed E-state index contributed by atoms with van der Waals surface area (Å²) in [5.74, 6) is 0.387. The molecule has 176 valence electrons. The number of aliphatic imine (C=N–C) groups is 1. The van der Waals surface area contributed by atoms with E-state index in [0.29, 0.717) is 17.5 Å². The number of benzene rings is 1. The van der Waals surface area contributed by atoms with Crippen molar-refractivity contribution >= 4 is 44.5 Å². The number of ether oxygens (including phenoxy) is 2. The number of nitrogens with zero attached hydrogens (tertiary/aromatic N) is 2. The van der Waals surface area contributed by atoms with Gasteiger partial charge < -0.3 is 19.7 Å². The van der Waals surface area contributed by atoms with Gasteiger partial charge in [-0.1, -0.05) is 11.8 Å². The zero-order chi connectivity index (χ0) is 23.5. The molecule has 0 aliphatic carbocycles. The van der Waals surface area contributed by atoms with Gasteiger partial charge in [-0.15, -0.1) is 0 Å². The van der Waals surface area contributed by atoms with E-state index < -0.39 is 27.4 Å². The molecule has 2 heterocycles. The zero-order valence-electron chi connectivity index (χ0n) is 18.7. The highest BCUT2D eigenvalue weighted by Crippen LogP contribution is 2.41. The molecule has 0 saturated carbocycles. The lowest BCUT2D eigenvalue weighted by Gasteiger charge is -2.24. The predicted molar refractivity (Wildman–Crippen MR) is 125 cm³/mol. The maximum Gasteiger partial charge on any atom is 0.407 e. The van der Waals surface area contributed by atoms with Gasteiger partial charge in [0.15, 0.2) is 15.0 Å². The Labute approximate surface area is 192 Å². The lowest BCUT2D eigenvalue weighted by molar-refractivity contribution is -0.117. The van der Waals surface area contributed by atoms with Crippen molar-refractivity contribution in [2.45, 2.75) is 51.0 Å². The summed E-state index contributed by atoms with van der Waals surface area (Å²) in [7, 11) is -3.14. The molecule has 2 aliphatic heterocycles. The van der Waals surface area contributed by atoms with Gasteiger partial charge in [0.1, 0.15) is 11.4 Å². The Morgan fingerprint density at radius 2 is 1.91 bits per heavy atom. The molecule has 2 amide bonds. The van der Waals surface area contributed by atoms with Crippen molar-refractivity contribution < 1.29 is 27.5 Å². The van der Waals surface area contributed by atoms with E-state index >= 15 is 0 Å². The molecule has 11 heteroatoms. The summed E-state index contributed by atoms with van der Waals surface area (Å²) in [5, 5.41) is 2.83. The number of hydrogen-bond acceptors (Lipinski definition) is 7. The highest BCUT2D eigenvalue weighted by Gasteiger charge is 2.49. The lowest BCUT2D eigenvalue weighted by Crippen LogP contribution is -2.37. The fourth-order valence-electron chi connectivity index (χ4n) is 3.48. The van der Waals surface area contributed by atoms with Crippen LogP contribution < -0.4 is 15.0 Å². The van der Waals surface area contributed by atoms with Gasteiger partial charge in [0.25, 0.3) is 0 Å². The Bertz CT molecular complexity index is 986. The van der Waals surface area contributed by atoms with Crippen molar-refractivity contribution in [3.8, 4) is 5.75 Å². The van der Waals surface area contributed by atoms with Crippen LogP contribution >= 0.6 is 11.8 Å². The number of hydrogen-bond donors (Lipinski definition) is 1. The minimum atomic E-state index is -3.14. The SMILES string of the molecule is CCOc1ccc(N2C(=NC(=O)CCNC(=O)OC(C)(C)C)S[C@H]3CS(=O)(=O)C[C@@H]32)cc1. The van der Waals surface area contributed by atoms with Crippen LogP contribution in [0.3, 0.4) is 0 Å². The van der Waals surface area contributed by atoms with Gasteiger partial charge in [-0.25, -0.2) is 13.2 Å². The Morgan fingerprint density at radius 1 is 1.22 bits per heavy atom. The first kappa shape index (κ1) is 24.4. The largest absolute Gasteiger partial charge is 0.494 e. The van der Waals surface area contributed by atoms with Crippen molar-refractivity contribution in [2.75, 3.05) is 29.6 Å². The fourth-order valence-corrected chi connectivity index (χ4v) is 7.42. The first-order valence-electron chi connectivity index (χ1n) is 10.4. The molecule has 9 nitrogen and oxygen atoms in total. The predicted octanol–water partition coefficient (Wildman–Crippen LogP) is 2.60. The van der Waals surface area contributed by atoms with Gasteiger partial charge in [-0.3, -0.25) is 4.79 Å². The van der Waals surface area contributed by atoms with Crippen molar-refractivity contribution in [1.82, 2.24) is 5.32 Å². The normalized spacial score (nSPS) is 23.1. The molecule has 2 fully saturated rings. The van der Waals surface area contributed by atoms with Crippen molar-refractivity contribution in [2.24, 2.45) is 4.99 Å². The topological polar surface area (TPSA) is 114 Å². The Balaban J connectivity index is 1.71. The van der Waals surface area contributed by atoms with Crippen LogP contribution in [0.1, 0.15) is 34.1 Å². The summed E-state index contributed by atoms with van der Waals surface area (Å²) in [5.41, 5.74) is 0.134. The smallest absolute Gasteiger partial charge is 0.407 e. The van der Waals surface area contributed by atoms with Gasteiger partial charge >= 0.3 is 6.09 Å². The van der Waals surface area contributed by atoms with Crippen LogP contribution in [-0.4, -0.2) is 67.1 Å². The molecule has 0 spiro atoms. The Hall–Kier alpha value is -2.27. The maximum atomic E-state index is 12.5. The molecule has 0 aromatic heterocycles. The number of nitrogens with one attached hydrogen (secondary N) is 1. The minimum absolute atomic E-state index is 0.00799. The average molecular weight is 484 g/mol. The molecule has 2 aliphatic rings. The summed E-state index contributed by atoms with van der Waals surface area (Å²) in [6.07, 6.45) is -0.586. The number of carbonyl (C=O) groups is 2. The van der Waals surface area contributed by atoms with Crippen LogP contribution in [-0.2, 0) is 19.4 Å². The number of amidine groups is 1. The second kappa shape index (κ2) is 9.70. The Morgan fingerprint density at radius 3 is 2.53 bits per heavy atom. The van der Waals surface area contributed by atoms with E-state index in [1.165, 1.54) is 11.8 Å². The summed E-state index contributed by atoms with van der Waals surface area (Å²) >= 11 is 1.31. The zero-order valence-corrected chi connectivity index (χ0v) is 20.3. The van der Waals surface area contributed by atoms with E-state index in [2.05, 4.69) is 10.3 Å². The van der Waals surface area contributed by atoms with Crippen LogP contribution in [0, 0.1) is 0 Å². The second-order valence-electron chi connectivity index (χ2n) is 8.56. The third-order valence-corrected chi connectivity index (χ3v) is 7.93. The molecular weight excluding hydrogens is 454 g/mol. The van der Waals surface area contributed by atoms with Gasteiger partial charge in [0.05, 0.1) is 24.2 Å². The van der Waals surface area contributed by atoms with E-state index in [0.717, 1.165) is 5.69 Å². The summed E-state index contributed by atoms with van der Waals surface area (Å²) in [6.45, 7) is 7.81. The van der Waals surface area contributed by atoms with E-state index in [9.17, 15) is 18.0 Å². The molecule has 1 N–H and O–H groups in total. The number of carbonyl (C=O) groups excluding carboxylic acids is 2. The van der Waals surface area contributed by atoms with Crippen LogP contribution in [0.2, 0.25) is 0 Å². The van der Waals surface area contributed by atoms with Crippen molar-refractivity contribution in [3.05, 3.63) is 24.3 Å². The summed E-state index contributed by atoms with van der Waals surface area (Å²) < 4.78 is 35.0. The van der Waals surface area contributed by atoms with Gasteiger partial charge in [-0.05, 0) is 52.0 Å².